The first-order valence-corrected chi connectivity index (χ1v) is 21.4. The van der Waals surface area contributed by atoms with E-state index in [1.807, 2.05) is 84.9 Å². The fourth-order valence-corrected chi connectivity index (χ4v) is 9.36. The van der Waals surface area contributed by atoms with Crippen molar-refractivity contribution in [3.05, 3.63) is 204 Å². The van der Waals surface area contributed by atoms with Crippen LogP contribution >= 0.6 is 0 Å². The van der Waals surface area contributed by atoms with Gasteiger partial charge in [-0.3, -0.25) is 0 Å². The van der Waals surface area contributed by atoms with E-state index < -0.39 is 11.7 Å². The lowest BCUT2D eigenvalue weighted by atomic mass is 9.94. The van der Waals surface area contributed by atoms with E-state index in [1.165, 1.54) is 6.07 Å². The quantitative estimate of drug-likeness (QED) is 0.167. The number of nitrogens with zero attached hydrogens (tertiary/aromatic N) is 4. The standard InChI is InChI=1S/C57H41F3N4/c1-34-15-22-51-43(27-34)44-28-35(2)16-23-52(44)63(51)41-20-21-48(57(58,59)60)42(32-41)47-31-40(56-61-49(38-11-7-5-8-12-38)33-50(62-56)39-13-9-6-10-14-39)19-26-55(47)64-53-24-17-36(3)29-45(53)46-30-37(4)18-25-54(46)64/h5-33H,1-4H3. The van der Waals surface area contributed by atoms with Gasteiger partial charge in [-0.1, -0.05) is 107 Å². The smallest absolute Gasteiger partial charge is 0.309 e. The molecule has 4 nitrogen and oxygen atoms in total. The summed E-state index contributed by atoms with van der Waals surface area (Å²) in [6.07, 6.45) is -4.69. The molecule has 0 saturated heterocycles. The number of hydrogen-bond acceptors (Lipinski definition) is 2. The number of aryl methyl sites for hydroxylation is 4. The molecule has 0 N–H and O–H groups in total. The highest BCUT2D eigenvalue weighted by Gasteiger charge is 2.35. The first-order chi connectivity index (χ1) is 31.0. The largest absolute Gasteiger partial charge is 0.417 e. The predicted octanol–water partition coefficient (Wildman–Crippen LogP) is 15.6. The molecule has 0 radical (unpaired) electrons. The first-order valence-electron chi connectivity index (χ1n) is 21.4. The minimum absolute atomic E-state index is 0.0489. The molecule has 0 atom stereocenters. The molecule has 0 aliphatic carbocycles. The number of hydrogen-bond donors (Lipinski definition) is 0. The van der Waals surface area contributed by atoms with Gasteiger partial charge in [-0.25, -0.2) is 9.97 Å². The molecule has 11 rings (SSSR count). The second-order valence-electron chi connectivity index (χ2n) is 16.9. The van der Waals surface area contributed by atoms with Crippen LogP contribution in [0.15, 0.2) is 176 Å². The van der Waals surface area contributed by atoms with Gasteiger partial charge in [-0.05, 0) is 124 Å². The second-order valence-corrected chi connectivity index (χ2v) is 16.9. The molecule has 7 heteroatoms. The Bertz CT molecular complexity index is 3460. The van der Waals surface area contributed by atoms with Crippen LogP contribution in [0.2, 0.25) is 0 Å². The van der Waals surface area contributed by atoms with E-state index in [1.54, 1.807) is 12.1 Å². The third kappa shape index (κ3) is 6.63. The average molecular weight is 839 g/mol. The lowest BCUT2D eigenvalue weighted by Crippen LogP contribution is -2.10. The number of alkyl halides is 3. The summed E-state index contributed by atoms with van der Waals surface area (Å²) in [6, 6.07) is 57.1. The maximum absolute atomic E-state index is 15.7. The van der Waals surface area contributed by atoms with E-state index in [0.29, 0.717) is 39.7 Å². The van der Waals surface area contributed by atoms with Crippen LogP contribution in [-0.2, 0) is 6.18 Å². The van der Waals surface area contributed by atoms with Crippen molar-refractivity contribution in [1.29, 1.82) is 0 Å². The highest BCUT2D eigenvalue weighted by Crippen LogP contribution is 2.45. The van der Waals surface area contributed by atoms with Crippen molar-refractivity contribution in [2.75, 3.05) is 0 Å². The van der Waals surface area contributed by atoms with Crippen LogP contribution in [0.1, 0.15) is 27.8 Å². The van der Waals surface area contributed by atoms with Crippen LogP contribution in [0.4, 0.5) is 13.2 Å². The van der Waals surface area contributed by atoms with E-state index in [0.717, 1.165) is 77.0 Å². The SMILES string of the molecule is Cc1ccc2c(c1)c1cc(C)ccc1n2-c1ccc(C(F)(F)F)c(-c2cc(-c3nc(-c4ccccc4)cc(-c4ccccc4)n3)ccc2-n2c3ccc(C)cc3c3cc(C)ccc32)c1. The molecule has 0 fully saturated rings. The van der Waals surface area contributed by atoms with Gasteiger partial charge < -0.3 is 9.13 Å². The Kier molecular flexibility index (Phi) is 9.13. The van der Waals surface area contributed by atoms with Crippen LogP contribution in [-0.4, -0.2) is 19.1 Å². The highest BCUT2D eigenvalue weighted by molar-refractivity contribution is 6.11. The summed E-state index contributed by atoms with van der Waals surface area (Å²) in [5, 5.41) is 4.15. The Morgan fingerprint density at radius 1 is 0.391 bits per heavy atom. The molecule has 0 aliphatic rings. The van der Waals surface area contributed by atoms with Crippen LogP contribution in [0, 0.1) is 27.7 Å². The molecule has 11 aromatic rings. The van der Waals surface area contributed by atoms with Gasteiger partial charge in [0.25, 0.3) is 0 Å². The summed E-state index contributed by atoms with van der Waals surface area (Å²) in [5.74, 6) is 0.402. The van der Waals surface area contributed by atoms with Gasteiger partial charge in [0, 0.05) is 49.5 Å². The normalized spacial score (nSPS) is 12.0. The number of halogens is 3. The molecule has 3 aromatic heterocycles. The first kappa shape index (κ1) is 39.1. The third-order valence-corrected chi connectivity index (χ3v) is 12.4. The summed E-state index contributed by atoms with van der Waals surface area (Å²) < 4.78 is 51.4. The van der Waals surface area contributed by atoms with E-state index in [-0.39, 0.29) is 5.56 Å². The van der Waals surface area contributed by atoms with Gasteiger partial charge in [0.1, 0.15) is 0 Å². The van der Waals surface area contributed by atoms with Crippen LogP contribution in [0.25, 0.3) is 100 Å². The average Bonchev–Trinajstić information content (AvgIpc) is 3.79. The fraction of sp³-hybridized carbons (Fsp3) is 0.0877. The van der Waals surface area contributed by atoms with E-state index >= 15 is 13.2 Å². The monoisotopic (exact) mass is 838 g/mol. The van der Waals surface area contributed by atoms with E-state index in [4.69, 9.17) is 9.97 Å². The molecule has 8 aromatic carbocycles. The Balaban J connectivity index is 1.24. The number of rotatable bonds is 6. The molecular weight excluding hydrogens is 798 g/mol. The van der Waals surface area contributed by atoms with Gasteiger partial charge in [-0.2, -0.15) is 13.2 Å². The zero-order chi connectivity index (χ0) is 43.9. The maximum Gasteiger partial charge on any atom is 0.417 e. The van der Waals surface area contributed by atoms with Crippen LogP contribution in [0.5, 0.6) is 0 Å². The number of aromatic nitrogens is 4. The molecule has 0 spiro atoms. The molecule has 0 amide bonds. The van der Waals surface area contributed by atoms with Crippen molar-refractivity contribution in [1.82, 2.24) is 19.1 Å². The highest BCUT2D eigenvalue weighted by atomic mass is 19.4. The molecule has 3 heterocycles. The van der Waals surface area contributed by atoms with Gasteiger partial charge >= 0.3 is 6.18 Å². The van der Waals surface area contributed by atoms with E-state index in [9.17, 15) is 0 Å². The second kappa shape index (κ2) is 15.0. The molecule has 0 saturated carbocycles. The van der Waals surface area contributed by atoms with Gasteiger partial charge in [0.2, 0.25) is 0 Å². The number of fused-ring (bicyclic) bond motifs is 6. The van der Waals surface area contributed by atoms with Crippen molar-refractivity contribution in [2.24, 2.45) is 0 Å². The minimum Gasteiger partial charge on any atom is -0.309 e. The topological polar surface area (TPSA) is 35.6 Å². The summed E-state index contributed by atoms with van der Waals surface area (Å²) in [4.78, 5) is 10.2. The molecule has 0 bridgehead atoms. The summed E-state index contributed by atoms with van der Waals surface area (Å²) in [6.45, 7) is 8.24. The van der Waals surface area contributed by atoms with Crippen molar-refractivity contribution >= 4 is 43.6 Å². The Hall–Kier alpha value is -7.77. The van der Waals surface area contributed by atoms with Crippen LogP contribution < -0.4 is 0 Å². The molecular formula is C57H41F3N4. The van der Waals surface area contributed by atoms with Crippen LogP contribution in [0.3, 0.4) is 0 Å². The van der Waals surface area contributed by atoms with Crippen molar-refractivity contribution in [3.8, 4) is 56.4 Å². The molecule has 64 heavy (non-hydrogen) atoms. The Labute approximate surface area is 368 Å². The zero-order valence-corrected chi connectivity index (χ0v) is 35.7. The summed E-state index contributed by atoms with van der Waals surface area (Å²) >= 11 is 0. The molecule has 0 unspecified atom stereocenters. The molecule has 0 aliphatic heterocycles. The minimum atomic E-state index is -4.69. The van der Waals surface area contributed by atoms with Crippen molar-refractivity contribution < 1.29 is 13.2 Å². The van der Waals surface area contributed by atoms with Crippen molar-refractivity contribution in [2.45, 2.75) is 33.9 Å². The lowest BCUT2D eigenvalue weighted by molar-refractivity contribution is -0.137. The maximum atomic E-state index is 15.7. The lowest BCUT2D eigenvalue weighted by Gasteiger charge is -2.21. The summed E-state index contributed by atoms with van der Waals surface area (Å²) in [7, 11) is 0. The summed E-state index contributed by atoms with van der Waals surface area (Å²) in [5.41, 5.74) is 12.8. The van der Waals surface area contributed by atoms with Gasteiger partial charge in [0.15, 0.2) is 5.82 Å². The molecule has 310 valence electrons. The Morgan fingerprint density at radius 3 is 1.30 bits per heavy atom. The van der Waals surface area contributed by atoms with E-state index in [2.05, 4.69) is 110 Å². The fourth-order valence-electron chi connectivity index (χ4n) is 9.36. The van der Waals surface area contributed by atoms with Gasteiger partial charge in [-0.15, -0.1) is 0 Å². The zero-order valence-electron chi connectivity index (χ0n) is 35.7. The predicted molar refractivity (Wildman–Crippen MR) is 256 cm³/mol. The number of benzene rings is 8. The Morgan fingerprint density at radius 2 is 0.844 bits per heavy atom. The van der Waals surface area contributed by atoms with Gasteiger partial charge in [0.05, 0.1) is 44.7 Å². The third-order valence-electron chi connectivity index (χ3n) is 12.4. The van der Waals surface area contributed by atoms with Crippen molar-refractivity contribution in [3.63, 3.8) is 0 Å².